The number of hydrogen-bond donors (Lipinski definition) is 2. The van der Waals surface area contributed by atoms with Crippen molar-refractivity contribution in [3.05, 3.63) is 90.5 Å². The summed E-state index contributed by atoms with van der Waals surface area (Å²) in [5, 5.41) is 25.6. The van der Waals surface area contributed by atoms with Gasteiger partial charge in [0.15, 0.2) is 0 Å². The fourth-order valence-corrected chi connectivity index (χ4v) is 4.00. The molecule has 0 saturated heterocycles. The highest BCUT2D eigenvalue weighted by molar-refractivity contribution is 6.14. The second-order valence-electron chi connectivity index (χ2n) is 7.28. The molecule has 0 saturated carbocycles. The maximum absolute atomic E-state index is 13.1. The lowest BCUT2D eigenvalue weighted by Crippen LogP contribution is -2.10. The molecule has 0 unspecified atom stereocenters. The van der Waals surface area contributed by atoms with Crippen LogP contribution in [-0.4, -0.2) is 25.7 Å². The van der Waals surface area contributed by atoms with Crippen LogP contribution in [-0.2, 0) is 0 Å². The number of fused-ring (bicyclic) bond motifs is 2. The van der Waals surface area contributed by atoms with Gasteiger partial charge in [-0.15, -0.1) is 0 Å². The van der Waals surface area contributed by atoms with Crippen LogP contribution in [0, 0.1) is 6.92 Å². The van der Waals surface area contributed by atoms with Crippen LogP contribution in [0.3, 0.4) is 0 Å². The van der Waals surface area contributed by atoms with Crippen LogP contribution in [0.25, 0.3) is 32.7 Å². The van der Waals surface area contributed by atoms with Crippen molar-refractivity contribution in [2.75, 3.05) is 0 Å². The van der Waals surface area contributed by atoms with Gasteiger partial charge in [-0.25, -0.2) is 4.98 Å². The average molecular weight is 394 g/mol. The van der Waals surface area contributed by atoms with Crippen LogP contribution >= 0.6 is 0 Å². The number of phenols is 2. The number of aryl methyl sites for hydroxylation is 1. The molecule has 5 nitrogen and oxygen atoms in total. The largest absolute Gasteiger partial charge is 0.507 e. The molecular weight excluding hydrogens is 376 g/mol. The summed E-state index contributed by atoms with van der Waals surface area (Å²) in [6.07, 6.45) is 4.45. The third kappa shape index (κ3) is 2.63. The normalized spacial score (nSPS) is 11.2. The number of phenolic OH excluding ortho intramolecular Hbond substituents is 2. The van der Waals surface area contributed by atoms with Crippen LogP contribution in [0.15, 0.2) is 79.4 Å². The molecule has 0 aliphatic rings. The molecule has 0 aliphatic carbocycles. The zero-order chi connectivity index (χ0) is 20.8. The van der Waals surface area contributed by atoms with Gasteiger partial charge in [0.1, 0.15) is 17.8 Å². The molecule has 4 aromatic carbocycles. The van der Waals surface area contributed by atoms with Crippen molar-refractivity contribution in [1.29, 1.82) is 0 Å². The smallest absolute Gasteiger partial charge is 0.266 e. The Hall–Kier alpha value is -4.12. The summed E-state index contributed by atoms with van der Waals surface area (Å²) in [6, 6.07) is 18.8. The van der Waals surface area contributed by atoms with E-state index >= 15 is 0 Å². The van der Waals surface area contributed by atoms with Crippen LogP contribution < -0.4 is 0 Å². The van der Waals surface area contributed by atoms with E-state index in [1.54, 1.807) is 6.07 Å². The molecule has 0 aliphatic heterocycles. The van der Waals surface area contributed by atoms with Crippen LogP contribution in [0.2, 0.25) is 0 Å². The lowest BCUT2D eigenvalue weighted by Gasteiger charge is -2.18. The predicted octanol–water partition coefficient (Wildman–Crippen LogP) is 5.26. The van der Waals surface area contributed by atoms with Gasteiger partial charge >= 0.3 is 0 Å². The maximum Gasteiger partial charge on any atom is 0.266 e. The molecule has 146 valence electrons. The van der Waals surface area contributed by atoms with E-state index in [1.165, 1.54) is 23.3 Å². The summed E-state index contributed by atoms with van der Waals surface area (Å²) in [5.41, 5.74) is 1.79. The Balaban J connectivity index is 1.93. The quantitative estimate of drug-likeness (QED) is 0.428. The third-order valence-corrected chi connectivity index (χ3v) is 5.45. The van der Waals surface area contributed by atoms with Gasteiger partial charge in [-0.1, -0.05) is 48.5 Å². The first-order valence-electron chi connectivity index (χ1n) is 9.55. The molecule has 5 rings (SSSR count). The highest BCUT2D eigenvalue weighted by Gasteiger charge is 2.24. The minimum Gasteiger partial charge on any atom is -0.507 e. The molecule has 1 aromatic heterocycles. The SMILES string of the molecule is Cc1cc2ccccc2c(-c2c(O)c(C(=O)n3ccnc3)cc3ccccc23)c1O. The van der Waals surface area contributed by atoms with Crippen molar-refractivity contribution < 1.29 is 15.0 Å². The van der Waals surface area contributed by atoms with E-state index in [9.17, 15) is 15.0 Å². The van der Waals surface area contributed by atoms with Gasteiger partial charge in [-0.05, 0) is 46.2 Å². The number of carbonyl (C=O) groups excluding carboxylic acids is 1. The van der Waals surface area contributed by atoms with Gasteiger partial charge in [0.2, 0.25) is 0 Å². The number of rotatable bonds is 2. The lowest BCUT2D eigenvalue weighted by atomic mass is 9.89. The summed E-state index contributed by atoms with van der Waals surface area (Å²) in [7, 11) is 0. The van der Waals surface area contributed by atoms with E-state index in [4.69, 9.17) is 0 Å². The van der Waals surface area contributed by atoms with Crippen LogP contribution in [0.4, 0.5) is 0 Å². The monoisotopic (exact) mass is 394 g/mol. The summed E-state index contributed by atoms with van der Waals surface area (Å²) >= 11 is 0. The van der Waals surface area contributed by atoms with Crippen LogP contribution in [0.1, 0.15) is 15.9 Å². The maximum atomic E-state index is 13.1. The van der Waals surface area contributed by atoms with Crippen molar-refractivity contribution in [3.8, 4) is 22.6 Å². The van der Waals surface area contributed by atoms with E-state index in [2.05, 4.69) is 4.98 Å². The third-order valence-electron chi connectivity index (χ3n) is 5.45. The van der Waals surface area contributed by atoms with E-state index in [1.807, 2.05) is 61.5 Å². The number of benzene rings is 4. The molecule has 2 N–H and O–H groups in total. The molecule has 1 heterocycles. The Labute approximate surface area is 172 Å². The topological polar surface area (TPSA) is 75.3 Å². The molecule has 0 fully saturated rings. The lowest BCUT2D eigenvalue weighted by molar-refractivity contribution is 0.0957. The van der Waals surface area contributed by atoms with Crippen molar-refractivity contribution in [3.63, 3.8) is 0 Å². The van der Waals surface area contributed by atoms with Gasteiger partial charge in [-0.3, -0.25) is 9.36 Å². The minimum absolute atomic E-state index is 0.0846. The molecule has 5 aromatic rings. The highest BCUT2D eigenvalue weighted by Crippen LogP contribution is 2.47. The molecule has 0 atom stereocenters. The molecular formula is C25H18N2O3. The number of aromatic nitrogens is 2. The number of aromatic hydroxyl groups is 2. The Morgan fingerprint density at radius 1 is 0.867 bits per heavy atom. The van der Waals surface area contributed by atoms with E-state index < -0.39 is 5.91 Å². The van der Waals surface area contributed by atoms with E-state index in [-0.39, 0.29) is 17.1 Å². The second kappa shape index (κ2) is 6.74. The Morgan fingerprint density at radius 3 is 2.10 bits per heavy atom. The first-order chi connectivity index (χ1) is 14.6. The molecule has 0 radical (unpaired) electrons. The Kier molecular flexibility index (Phi) is 4.03. The van der Waals surface area contributed by atoms with Crippen molar-refractivity contribution >= 4 is 27.5 Å². The number of imidazole rings is 1. The van der Waals surface area contributed by atoms with Crippen LogP contribution in [0.5, 0.6) is 11.5 Å². The first-order valence-corrected chi connectivity index (χ1v) is 9.55. The second-order valence-corrected chi connectivity index (χ2v) is 7.28. The molecule has 0 bridgehead atoms. The van der Waals surface area contributed by atoms with Crippen molar-refractivity contribution in [2.24, 2.45) is 0 Å². The molecule has 5 heteroatoms. The fourth-order valence-electron chi connectivity index (χ4n) is 4.00. The minimum atomic E-state index is -0.395. The summed E-state index contributed by atoms with van der Waals surface area (Å²) in [4.78, 5) is 17.0. The first kappa shape index (κ1) is 17.9. The molecule has 30 heavy (non-hydrogen) atoms. The number of hydrogen-bond acceptors (Lipinski definition) is 4. The highest BCUT2D eigenvalue weighted by atomic mass is 16.3. The predicted molar refractivity (Wildman–Crippen MR) is 117 cm³/mol. The average Bonchev–Trinajstić information content (AvgIpc) is 3.30. The van der Waals surface area contributed by atoms with Gasteiger partial charge in [0, 0.05) is 23.5 Å². The van der Waals surface area contributed by atoms with Gasteiger partial charge in [0.25, 0.3) is 5.91 Å². The van der Waals surface area contributed by atoms with Gasteiger partial charge in [0.05, 0.1) is 5.56 Å². The van der Waals surface area contributed by atoms with Crippen molar-refractivity contribution in [1.82, 2.24) is 9.55 Å². The number of nitrogens with zero attached hydrogens (tertiary/aromatic N) is 2. The fraction of sp³-hybridized carbons (Fsp3) is 0.0400. The zero-order valence-corrected chi connectivity index (χ0v) is 16.2. The number of carbonyl (C=O) groups is 1. The summed E-state index contributed by atoms with van der Waals surface area (Å²) < 4.78 is 1.32. The molecule has 0 spiro atoms. The Morgan fingerprint density at radius 2 is 1.47 bits per heavy atom. The zero-order valence-electron chi connectivity index (χ0n) is 16.2. The summed E-state index contributed by atoms with van der Waals surface area (Å²) in [5.74, 6) is -0.478. The molecule has 0 amide bonds. The van der Waals surface area contributed by atoms with E-state index in [0.29, 0.717) is 16.7 Å². The standard InChI is InChI=1S/C25H18N2O3/c1-15-12-16-6-2-4-8-18(16)21(23(15)28)22-19-9-5-3-7-17(19)13-20(24(22)29)25(30)27-11-10-26-14-27/h2-14,28-29H,1H3. The van der Waals surface area contributed by atoms with Gasteiger partial charge < -0.3 is 10.2 Å². The van der Waals surface area contributed by atoms with E-state index in [0.717, 1.165) is 21.5 Å². The Bertz CT molecular complexity index is 1440. The summed E-state index contributed by atoms with van der Waals surface area (Å²) in [6.45, 7) is 1.82. The van der Waals surface area contributed by atoms with Crippen molar-refractivity contribution in [2.45, 2.75) is 6.92 Å². The van der Waals surface area contributed by atoms with Gasteiger partial charge in [-0.2, -0.15) is 0 Å².